The third kappa shape index (κ3) is 5.08. The second-order valence-electron chi connectivity index (χ2n) is 7.26. The average molecular weight is 421 g/mol. The number of rotatable bonds is 7. The van der Waals surface area contributed by atoms with Gasteiger partial charge in [-0.05, 0) is 30.9 Å². The van der Waals surface area contributed by atoms with E-state index < -0.39 is 6.04 Å². The van der Waals surface area contributed by atoms with Gasteiger partial charge in [-0.25, -0.2) is 0 Å². The molecule has 3 rings (SSSR count). The van der Waals surface area contributed by atoms with Gasteiger partial charge in [0.1, 0.15) is 11.0 Å². The molecule has 1 aliphatic rings. The Morgan fingerprint density at radius 3 is 2.54 bits per heavy atom. The Morgan fingerprint density at radius 1 is 1.21 bits per heavy atom. The van der Waals surface area contributed by atoms with E-state index in [0.717, 1.165) is 37.7 Å². The minimum atomic E-state index is -0.582. The predicted molar refractivity (Wildman–Crippen MR) is 112 cm³/mol. The Balaban J connectivity index is 1.67. The summed E-state index contributed by atoms with van der Waals surface area (Å²) < 4.78 is 0. The van der Waals surface area contributed by atoms with Gasteiger partial charge in [-0.15, -0.1) is 10.2 Å². The highest BCUT2D eigenvalue weighted by atomic mass is 35.5. The number of amides is 2. The van der Waals surface area contributed by atoms with Crippen molar-refractivity contribution in [2.75, 3.05) is 5.32 Å². The fourth-order valence-corrected chi connectivity index (χ4v) is 4.21. The van der Waals surface area contributed by atoms with Gasteiger partial charge >= 0.3 is 0 Å². The summed E-state index contributed by atoms with van der Waals surface area (Å²) >= 11 is 7.21. The van der Waals surface area contributed by atoms with Crippen molar-refractivity contribution in [2.45, 2.75) is 52.0 Å². The Hall–Kier alpha value is -1.99. The molecule has 0 radical (unpaired) electrons. The maximum absolute atomic E-state index is 12.8. The van der Waals surface area contributed by atoms with E-state index in [1.807, 2.05) is 26.0 Å². The summed E-state index contributed by atoms with van der Waals surface area (Å²) in [4.78, 5) is 25.4. The van der Waals surface area contributed by atoms with Crippen LogP contribution in [-0.4, -0.2) is 28.1 Å². The van der Waals surface area contributed by atoms with Crippen LogP contribution in [0.4, 0.5) is 5.13 Å². The first kappa shape index (κ1) is 20.7. The van der Waals surface area contributed by atoms with E-state index in [0.29, 0.717) is 15.2 Å². The SMILES string of the molecule is CCC(C)C(NC(=O)C1CCCC1)C(=O)Nc1nnc(-c2ccc(Cl)cc2)s1. The lowest BCUT2D eigenvalue weighted by Gasteiger charge is -2.24. The zero-order valence-electron chi connectivity index (χ0n) is 16.1. The van der Waals surface area contributed by atoms with Crippen LogP contribution in [0, 0.1) is 11.8 Å². The lowest BCUT2D eigenvalue weighted by molar-refractivity contribution is -0.130. The molecule has 150 valence electrons. The van der Waals surface area contributed by atoms with Crippen molar-refractivity contribution in [3.8, 4) is 10.6 Å². The highest BCUT2D eigenvalue weighted by Gasteiger charge is 2.30. The number of aromatic nitrogens is 2. The molecule has 0 spiro atoms. The van der Waals surface area contributed by atoms with Gasteiger partial charge in [-0.1, -0.05) is 68.2 Å². The fourth-order valence-electron chi connectivity index (χ4n) is 3.33. The van der Waals surface area contributed by atoms with Crippen LogP contribution < -0.4 is 10.6 Å². The Morgan fingerprint density at radius 2 is 1.89 bits per heavy atom. The number of halogens is 1. The van der Waals surface area contributed by atoms with Crippen LogP contribution in [0.1, 0.15) is 46.0 Å². The van der Waals surface area contributed by atoms with Crippen LogP contribution in [-0.2, 0) is 9.59 Å². The molecule has 2 amide bonds. The predicted octanol–water partition coefficient (Wildman–Crippen LogP) is 4.52. The molecule has 2 unspecified atom stereocenters. The number of carbonyl (C=O) groups excluding carboxylic acids is 2. The molecular formula is C20H25ClN4O2S. The molecule has 1 heterocycles. The van der Waals surface area contributed by atoms with Gasteiger partial charge in [-0.2, -0.15) is 0 Å². The third-order valence-electron chi connectivity index (χ3n) is 5.27. The minimum absolute atomic E-state index is 0.0166. The Labute approximate surface area is 174 Å². The summed E-state index contributed by atoms with van der Waals surface area (Å²) in [6.07, 6.45) is 4.76. The molecule has 1 aromatic carbocycles. The lowest BCUT2D eigenvalue weighted by Crippen LogP contribution is -2.49. The van der Waals surface area contributed by atoms with E-state index in [1.165, 1.54) is 11.3 Å². The first-order chi connectivity index (χ1) is 13.5. The molecule has 1 aliphatic carbocycles. The maximum atomic E-state index is 12.8. The van der Waals surface area contributed by atoms with Crippen molar-refractivity contribution >= 4 is 39.9 Å². The summed E-state index contributed by atoms with van der Waals surface area (Å²) in [5, 5.41) is 15.8. The monoisotopic (exact) mass is 420 g/mol. The molecule has 1 aromatic heterocycles. The van der Waals surface area contributed by atoms with E-state index in [-0.39, 0.29) is 23.7 Å². The second-order valence-corrected chi connectivity index (χ2v) is 8.68. The van der Waals surface area contributed by atoms with Gasteiger partial charge in [0.2, 0.25) is 16.9 Å². The first-order valence-corrected chi connectivity index (χ1v) is 10.9. The van der Waals surface area contributed by atoms with Gasteiger partial charge in [0.25, 0.3) is 0 Å². The molecule has 1 saturated carbocycles. The summed E-state index contributed by atoms with van der Waals surface area (Å²) in [6.45, 7) is 3.98. The van der Waals surface area contributed by atoms with Crippen LogP contribution in [0.2, 0.25) is 5.02 Å². The molecule has 8 heteroatoms. The van der Waals surface area contributed by atoms with Crippen LogP contribution in [0.25, 0.3) is 10.6 Å². The molecule has 28 heavy (non-hydrogen) atoms. The van der Waals surface area contributed by atoms with Crippen LogP contribution in [0.5, 0.6) is 0 Å². The third-order valence-corrected chi connectivity index (χ3v) is 6.41. The van der Waals surface area contributed by atoms with E-state index in [9.17, 15) is 9.59 Å². The maximum Gasteiger partial charge on any atom is 0.249 e. The summed E-state index contributed by atoms with van der Waals surface area (Å²) in [5.41, 5.74) is 0.885. The van der Waals surface area contributed by atoms with Gasteiger partial charge in [-0.3, -0.25) is 14.9 Å². The van der Waals surface area contributed by atoms with Gasteiger partial charge < -0.3 is 5.32 Å². The zero-order valence-corrected chi connectivity index (χ0v) is 17.6. The molecule has 1 fully saturated rings. The van der Waals surface area contributed by atoms with Crippen LogP contribution >= 0.6 is 22.9 Å². The number of carbonyl (C=O) groups is 2. The van der Waals surface area contributed by atoms with Gasteiger partial charge in [0.15, 0.2) is 0 Å². The summed E-state index contributed by atoms with van der Waals surface area (Å²) in [7, 11) is 0. The number of hydrogen-bond acceptors (Lipinski definition) is 5. The first-order valence-electron chi connectivity index (χ1n) is 9.68. The highest BCUT2D eigenvalue weighted by molar-refractivity contribution is 7.18. The number of nitrogens with one attached hydrogen (secondary N) is 2. The fraction of sp³-hybridized carbons (Fsp3) is 0.500. The van der Waals surface area contributed by atoms with E-state index >= 15 is 0 Å². The molecule has 6 nitrogen and oxygen atoms in total. The normalized spacial score (nSPS) is 16.5. The number of anilines is 1. The topological polar surface area (TPSA) is 84.0 Å². The van der Waals surface area contributed by atoms with Crippen molar-refractivity contribution in [3.63, 3.8) is 0 Å². The zero-order chi connectivity index (χ0) is 20.1. The number of hydrogen-bond donors (Lipinski definition) is 2. The molecule has 0 bridgehead atoms. The van der Waals surface area contributed by atoms with Crippen molar-refractivity contribution < 1.29 is 9.59 Å². The molecular weight excluding hydrogens is 396 g/mol. The highest BCUT2D eigenvalue weighted by Crippen LogP contribution is 2.28. The van der Waals surface area contributed by atoms with Crippen LogP contribution in [0.3, 0.4) is 0 Å². The Kier molecular flexibility index (Phi) is 7.02. The molecule has 2 atom stereocenters. The van der Waals surface area contributed by atoms with Gasteiger partial charge in [0, 0.05) is 16.5 Å². The number of benzene rings is 1. The lowest BCUT2D eigenvalue weighted by atomic mass is 9.97. The average Bonchev–Trinajstić information content (AvgIpc) is 3.38. The van der Waals surface area contributed by atoms with Crippen molar-refractivity contribution in [2.24, 2.45) is 11.8 Å². The van der Waals surface area contributed by atoms with Crippen molar-refractivity contribution in [1.82, 2.24) is 15.5 Å². The minimum Gasteiger partial charge on any atom is -0.344 e. The second kappa shape index (κ2) is 9.47. The molecule has 0 saturated heterocycles. The largest absolute Gasteiger partial charge is 0.344 e. The summed E-state index contributed by atoms with van der Waals surface area (Å²) in [5.74, 6) is -0.219. The van der Waals surface area contributed by atoms with Crippen molar-refractivity contribution in [1.29, 1.82) is 0 Å². The van der Waals surface area contributed by atoms with Crippen LogP contribution in [0.15, 0.2) is 24.3 Å². The Bertz CT molecular complexity index is 818. The molecule has 2 N–H and O–H groups in total. The van der Waals surface area contributed by atoms with E-state index in [1.54, 1.807) is 12.1 Å². The van der Waals surface area contributed by atoms with E-state index in [4.69, 9.17) is 11.6 Å². The number of nitrogens with zero attached hydrogens (tertiary/aromatic N) is 2. The summed E-state index contributed by atoms with van der Waals surface area (Å²) in [6, 6.07) is 6.71. The molecule has 2 aromatic rings. The smallest absolute Gasteiger partial charge is 0.249 e. The van der Waals surface area contributed by atoms with Crippen molar-refractivity contribution in [3.05, 3.63) is 29.3 Å². The quantitative estimate of drug-likeness (QED) is 0.689. The standard InChI is InChI=1S/C20H25ClN4O2S/c1-3-12(2)16(22-17(26)13-6-4-5-7-13)18(27)23-20-25-24-19(28-20)14-8-10-15(21)11-9-14/h8-13,16H,3-7H2,1-2H3,(H,22,26)(H,23,25,27). The molecule has 0 aliphatic heterocycles. The van der Waals surface area contributed by atoms with E-state index in [2.05, 4.69) is 20.8 Å². The van der Waals surface area contributed by atoms with Gasteiger partial charge in [0.05, 0.1) is 0 Å².